The third kappa shape index (κ3) is 4.46. The van der Waals surface area contributed by atoms with Gasteiger partial charge in [-0.25, -0.2) is 0 Å². The van der Waals surface area contributed by atoms with Gasteiger partial charge in [-0.05, 0) is 24.0 Å². The predicted octanol–water partition coefficient (Wildman–Crippen LogP) is 4.58. The third-order valence-electron chi connectivity index (χ3n) is 5.04. The minimum atomic E-state index is -0.927. The van der Waals surface area contributed by atoms with Gasteiger partial charge in [-0.15, -0.1) is 0 Å². The van der Waals surface area contributed by atoms with Gasteiger partial charge in [0.1, 0.15) is 5.60 Å². The summed E-state index contributed by atoms with van der Waals surface area (Å²) in [5, 5.41) is 11.6. The maximum Gasteiger partial charge on any atom is 0.120 e. The Labute approximate surface area is 147 Å². The number of rotatable bonds is 9. The van der Waals surface area contributed by atoms with Crippen molar-refractivity contribution < 1.29 is 9.59 Å². The molecule has 0 aliphatic heterocycles. The largest absolute Gasteiger partial charge is 0.380 e. The monoisotopic (exact) mass is 326 g/mol. The molecule has 2 rings (SSSR count). The molecule has 0 saturated heterocycles. The Hall–Kier alpha value is -1.64. The van der Waals surface area contributed by atoms with Crippen LogP contribution in [0, 0.1) is 0 Å². The van der Waals surface area contributed by atoms with Crippen LogP contribution in [0.25, 0.3) is 0 Å². The van der Waals surface area contributed by atoms with Crippen LogP contribution in [0.2, 0.25) is 0 Å². The Morgan fingerprint density at radius 3 is 1.54 bits per heavy atom. The van der Waals surface area contributed by atoms with Gasteiger partial charge in [0.25, 0.3) is 0 Å². The zero-order valence-electron chi connectivity index (χ0n) is 15.4. The van der Waals surface area contributed by atoms with Crippen molar-refractivity contribution in [2.45, 2.75) is 38.7 Å². The van der Waals surface area contributed by atoms with Crippen molar-refractivity contribution in [3.8, 4) is 0 Å². The zero-order valence-corrected chi connectivity index (χ0v) is 15.4. The average Bonchev–Trinajstić information content (AvgIpc) is 2.62. The molecule has 0 amide bonds. The van der Waals surface area contributed by atoms with E-state index in [0.717, 1.165) is 41.7 Å². The van der Waals surface area contributed by atoms with Crippen LogP contribution >= 0.6 is 0 Å². The zero-order chi connectivity index (χ0) is 17.5. The normalized spacial score (nSPS) is 12.3. The minimum absolute atomic E-state index is 0.734. The van der Waals surface area contributed by atoms with Crippen LogP contribution < -0.4 is 0 Å². The van der Waals surface area contributed by atoms with Crippen molar-refractivity contribution in [1.82, 2.24) is 0 Å². The van der Waals surface area contributed by atoms with Gasteiger partial charge < -0.3 is 9.59 Å². The number of quaternary nitrogens is 1. The quantitative estimate of drug-likeness (QED) is 0.669. The lowest BCUT2D eigenvalue weighted by Gasteiger charge is -2.38. The molecule has 0 heterocycles. The van der Waals surface area contributed by atoms with Crippen molar-refractivity contribution in [2.75, 3.05) is 26.7 Å². The summed E-state index contributed by atoms with van der Waals surface area (Å²) >= 11 is 0. The molecular formula is C22H32NO+. The lowest BCUT2D eigenvalue weighted by atomic mass is 9.83. The van der Waals surface area contributed by atoms with E-state index < -0.39 is 5.60 Å². The molecule has 0 unspecified atom stereocenters. The van der Waals surface area contributed by atoms with E-state index in [4.69, 9.17) is 0 Å². The molecular weight excluding hydrogens is 294 g/mol. The van der Waals surface area contributed by atoms with E-state index in [0.29, 0.717) is 0 Å². The highest BCUT2D eigenvalue weighted by Crippen LogP contribution is 2.33. The fourth-order valence-corrected chi connectivity index (χ4v) is 3.73. The van der Waals surface area contributed by atoms with Crippen LogP contribution in [-0.4, -0.2) is 36.3 Å². The highest BCUT2D eigenvalue weighted by atomic mass is 16.3. The summed E-state index contributed by atoms with van der Waals surface area (Å²) in [6.07, 6.45) is 3.08. The standard InChI is InChI=1S/C22H32NO/c1-4-17-23(3,18-5-2)19-16-22(24,20-12-8-6-9-13-20)21-14-10-7-11-15-21/h6-15,24H,4-5,16-19H2,1-3H3/q+1. The SMILES string of the molecule is CCC[N+](C)(CCC)CCC(O)(c1ccccc1)c1ccccc1. The van der Waals surface area contributed by atoms with Crippen molar-refractivity contribution in [3.63, 3.8) is 0 Å². The van der Waals surface area contributed by atoms with Gasteiger partial charge in [-0.1, -0.05) is 74.5 Å². The molecule has 1 N–H and O–H groups in total. The molecule has 24 heavy (non-hydrogen) atoms. The first-order valence-corrected chi connectivity index (χ1v) is 9.21. The van der Waals surface area contributed by atoms with Gasteiger partial charge in [0, 0.05) is 6.42 Å². The van der Waals surface area contributed by atoms with Gasteiger partial charge in [0.2, 0.25) is 0 Å². The second-order valence-corrected chi connectivity index (χ2v) is 7.13. The molecule has 2 aromatic carbocycles. The summed E-state index contributed by atoms with van der Waals surface area (Å²) in [4.78, 5) is 0. The number of aliphatic hydroxyl groups is 1. The van der Waals surface area contributed by atoms with Crippen molar-refractivity contribution >= 4 is 0 Å². The molecule has 0 aromatic heterocycles. The summed E-state index contributed by atoms with van der Waals surface area (Å²) in [5.74, 6) is 0. The number of hydrogen-bond donors (Lipinski definition) is 1. The van der Waals surface area contributed by atoms with Crippen LogP contribution in [0.4, 0.5) is 0 Å². The minimum Gasteiger partial charge on any atom is -0.380 e. The molecule has 2 aromatic rings. The highest BCUT2D eigenvalue weighted by Gasteiger charge is 2.34. The number of benzene rings is 2. The van der Waals surface area contributed by atoms with Gasteiger partial charge in [-0.2, -0.15) is 0 Å². The molecule has 0 fully saturated rings. The Bertz CT molecular complexity index is 548. The van der Waals surface area contributed by atoms with Crippen molar-refractivity contribution in [2.24, 2.45) is 0 Å². The summed E-state index contributed by atoms with van der Waals surface area (Å²) in [6.45, 7) is 7.78. The molecule has 0 aliphatic rings. The summed E-state index contributed by atoms with van der Waals surface area (Å²) in [6, 6.07) is 20.2. The lowest BCUT2D eigenvalue weighted by molar-refractivity contribution is -0.910. The van der Waals surface area contributed by atoms with Crippen LogP contribution in [0.15, 0.2) is 60.7 Å². The fourth-order valence-electron chi connectivity index (χ4n) is 3.73. The number of hydrogen-bond acceptors (Lipinski definition) is 1. The molecule has 0 aliphatic carbocycles. The second kappa shape index (κ2) is 8.46. The van der Waals surface area contributed by atoms with Crippen LogP contribution in [0.3, 0.4) is 0 Å². The molecule has 0 atom stereocenters. The summed E-state index contributed by atoms with van der Waals surface area (Å²) < 4.78 is 1.02. The molecule has 0 radical (unpaired) electrons. The van der Waals surface area contributed by atoms with E-state index in [-0.39, 0.29) is 0 Å². The molecule has 0 spiro atoms. The predicted molar refractivity (Wildman–Crippen MR) is 102 cm³/mol. The van der Waals surface area contributed by atoms with E-state index in [1.165, 1.54) is 12.8 Å². The summed E-state index contributed by atoms with van der Waals surface area (Å²) in [5.41, 5.74) is 1.04. The first-order valence-electron chi connectivity index (χ1n) is 9.21. The Morgan fingerprint density at radius 1 is 0.750 bits per heavy atom. The Morgan fingerprint density at radius 2 is 1.17 bits per heavy atom. The molecule has 2 nitrogen and oxygen atoms in total. The number of nitrogens with zero attached hydrogens (tertiary/aromatic N) is 1. The first kappa shape index (κ1) is 18.7. The van der Waals surface area contributed by atoms with Crippen LogP contribution in [0.1, 0.15) is 44.2 Å². The van der Waals surface area contributed by atoms with E-state index >= 15 is 0 Å². The van der Waals surface area contributed by atoms with Crippen LogP contribution in [-0.2, 0) is 5.60 Å². The maximum atomic E-state index is 11.6. The smallest absolute Gasteiger partial charge is 0.120 e. The van der Waals surface area contributed by atoms with Gasteiger partial charge in [0.15, 0.2) is 0 Å². The van der Waals surface area contributed by atoms with Gasteiger partial charge in [-0.3, -0.25) is 0 Å². The molecule has 130 valence electrons. The second-order valence-electron chi connectivity index (χ2n) is 7.13. The Balaban J connectivity index is 2.31. The van der Waals surface area contributed by atoms with Crippen LogP contribution in [0.5, 0.6) is 0 Å². The third-order valence-corrected chi connectivity index (χ3v) is 5.04. The van der Waals surface area contributed by atoms with E-state index in [1.54, 1.807) is 0 Å². The summed E-state index contributed by atoms with van der Waals surface area (Å²) in [7, 11) is 2.32. The fraction of sp³-hybridized carbons (Fsp3) is 0.455. The first-order chi connectivity index (χ1) is 11.5. The molecule has 0 saturated carbocycles. The molecule has 2 heteroatoms. The van der Waals surface area contributed by atoms with Crippen molar-refractivity contribution in [1.29, 1.82) is 0 Å². The average molecular weight is 327 g/mol. The van der Waals surface area contributed by atoms with Gasteiger partial charge >= 0.3 is 0 Å². The lowest BCUT2D eigenvalue weighted by Crippen LogP contribution is -2.48. The highest BCUT2D eigenvalue weighted by molar-refractivity contribution is 5.35. The van der Waals surface area contributed by atoms with E-state index in [1.807, 2.05) is 60.7 Å². The maximum absolute atomic E-state index is 11.6. The van der Waals surface area contributed by atoms with E-state index in [2.05, 4.69) is 20.9 Å². The topological polar surface area (TPSA) is 20.2 Å². The van der Waals surface area contributed by atoms with Gasteiger partial charge in [0.05, 0.1) is 26.7 Å². The van der Waals surface area contributed by atoms with E-state index in [9.17, 15) is 5.11 Å². The molecule has 0 bridgehead atoms. The Kier molecular flexibility index (Phi) is 6.59. The van der Waals surface area contributed by atoms with Crippen molar-refractivity contribution in [3.05, 3.63) is 71.8 Å².